The van der Waals surface area contributed by atoms with Gasteiger partial charge in [-0.2, -0.15) is 0 Å². The van der Waals surface area contributed by atoms with Gasteiger partial charge in [-0.05, 0) is 49.2 Å². The molecule has 1 fully saturated rings. The average Bonchev–Trinajstić information content (AvgIpc) is 2.88. The van der Waals surface area contributed by atoms with E-state index in [0.29, 0.717) is 54.6 Å². The molecule has 3 N–H and O–H groups in total. The number of hydrogen-bond acceptors (Lipinski definition) is 5. The summed E-state index contributed by atoms with van der Waals surface area (Å²) in [5, 5.41) is 8.97. The molecule has 1 saturated heterocycles. The highest BCUT2D eigenvalue weighted by atomic mass is 19.1. The van der Waals surface area contributed by atoms with E-state index in [-0.39, 0.29) is 16.9 Å². The maximum absolute atomic E-state index is 15.1. The summed E-state index contributed by atoms with van der Waals surface area (Å²) in [4.78, 5) is 40.4. The Labute approximate surface area is 209 Å². The zero-order chi connectivity index (χ0) is 25.8. The van der Waals surface area contributed by atoms with Crippen molar-refractivity contribution in [2.45, 2.75) is 27.3 Å². The van der Waals surface area contributed by atoms with Crippen LogP contribution in [0.25, 0.3) is 10.9 Å². The molecule has 2 aromatic carbocycles. The molecule has 190 valence electrons. The Hall–Kier alpha value is -3.72. The Morgan fingerprint density at radius 3 is 2.42 bits per heavy atom. The van der Waals surface area contributed by atoms with Gasteiger partial charge in [-0.1, -0.05) is 13.8 Å². The number of carbonyl (C=O) groups excluding carboxylic acids is 2. The predicted molar refractivity (Wildman–Crippen MR) is 140 cm³/mol. The van der Waals surface area contributed by atoms with Gasteiger partial charge in [-0.15, -0.1) is 0 Å². The second-order valence-electron chi connectivity index (χ2n) is 9.35. The van der Waals surface area contributed by atoms with Crippen molar-refractivity contribution in [2.75, 3.05) is 42.9 Å². The number of nitrogens with one attached hydrogen (secondary N) is 3. The second kappa shape index (κ2) is 10.9. The fraction of sp³-hybridized carbons (Fsp3) is 0.370. The van der Waals surface area contributed by atoms with Gasteiger partial charge in [0.1, 0.15) is 11.4 Å². The van der Waals surface area contributed by atoms with Crippen LogP contribution in [-0.2, 0) is 6.54 Å². The standard InChI is InChI=1S/C27H32FN5O3/c1-4-32-16-21(27(36)31-19-7-5-18(6-8-19)26(35)30-15-17(2)3)25(34)20-13-22(28)24(14-23(20)32)33-11-9-29-10-12-33/h5-8,13-14,16-17,29H,4,9-12,15H2,1-3H3,(H,30,35)(H,31,36). The summed E-state index contributed by atoms with van der Waals surface area (Å²) < 4.78 is 16.8. The van der Waals surface area contributed by atoms with Gasteiger partial charge < -0.3 is 25.4 Å². The summed E-state index contributed by atoms with van der Waals surface area (Å²) in [5.74, 6) is -0.923. The lowest BCUT2D eigenvalue weighted by molar-refractivity contribution is 0.0948. The molecule has 4 rings (SSSR count). The van der Waals surface area contributed by atoms with Crippen LogP contribution < -0.4 is 26.3 Å². The van der Waals surface area contributed by atoms with E-state index >= 15 is 4.39 Å². The number of amides is 2. The van der Waals surface area contributed by atoms with E-state index in [4.69, 9.17) is 0 Å². The van der Waals surface area contributed by atoms with E-state index in [2.05, 4.69) is 16.0 Å². The molecule has 0 unspecified atom stereocenters. The molecule has 0 saturated carbocycles. The van der Waals surface area contributed by atoms with Gasteiger partial charge >= 0.3 is 0 Å². The lowest BCUT2D eigenvalue weighted by Crippen LogP contribution is -2.43. The van der Waals surface area contributed by atoms with Crippen LogP contribution in [0.3, 0.4) is 0 Å². The molecule has 1 aliphatic heterocycles. The predicted octanol–water partition coefficient (Wildman–Crippen LogP) is 3.21. The normalized spacial score (nSPS) is 13.8. The van der Waals surface area contributed by atoms with Crippen molar-refractivity contribution in [1.29, 1.82) is 0 Å². The largest absolute Gasteiger partial charge is 0.367 e. The topological polar surface area (TPSA) is 95.5 Å². The minimum Gasteiger partial charge on any atom is -0.367 e. The first kappa shape index (κ1) is 25.4. The monoisotopic (exact) mass is 493 g/mol. The molecule has 0 spiro atoms. The molecule has 1 aromatic heterocycles. The SMILES string of the molecule is CCn1cc(C(=O)Nc2ccc(C(=O)NCC(C)C)cc2)c(=O)c2cc(F)c(N3CCNCC3)cc21. The minimum atomic E-state index is -0.590. The molecular weight excluding hydrogens is 461 g/mol. The number of nitrogens with zero attached hydrogens (tertiary/aromatic N) is 2. The van der Waals surface area contributed by atoms with E-state index in [1.54, 1.807) is 34.9 Å². The summed E-state index contributed by atoms with van der Waals surface area (Å²) in [6, 6.07) is 9.39. The van der Waals surface area contributed by atoms with Crippen LogP contribution in [0.2, 0.25) is 0 Å². The van der Waals surface area contributed by atoms with Gasteiger partial charge in [0.2, 0.25) is 5.43 Å². The third-order valence-electron chi connectivity index (χ3n) is 6.27. The zero-order valence-corrected chi connectivity index (χ0v) is 20.9. The van der Waals surface area contributed by atoms with E-state index in [1.165, 1.54) is 12.3 Å². The van der Waals surface area contributed by atoms with Gasteiger partial charge in [0.15, 0.2) is 0 Å². The molecule has 0 atom stereocenters. The van der Waals surface area contributed by atoms with Gasteiger partial charge in [0.05, 0.1) is 11.2 Å². The van der Waals surface area contributed by atoms with E-state index in [1.807, 2.05) is 25.7 Å². The van der Waals surface area contributed by atoms with Crippen LogP contribution >= 0.6 is 0 Å². The van der Waals surface area contributed by atoms with Crippen molar-refractivity contribution in [3.63, 3.8) is 0 Å². The number of halogens is 1. The summed E-state index contributed by atoms with van der Waals surface area (Å²) in [6.45, 7) is 9.89. The van der Waals surface area contributed by atoms with Gasteiger partial charge in [-0.25, -0.2) is 4.39 Å². The number of aromatic nitrogens is 1. The number of hydrogen-bond donors (Lipinski definition) is 3. The molecule has 8 nitrogen and oxygen atoms in total. The molecule has 1 aliphatic rings. The molecule has 0 aliphatic carbocycles. The van der Waals surface area contributed by atoms with Gasteiger partial charge in [0, 0.05) is 62.1 Å². The highest BCUT2D eigenvalue weighted by molar-refractivity contribution is 6.06. The number of pyridine rings is 1. The molecule has 0 bridgehead atoms. The number of piperazine rings is 1. The van der Waals surface area contributed by atoms with Crippen molar-refractivity contribution in [2.24, 2.45) is 5.92 Å². The van der Waals surface area contributed by atoms with E-state index < -0.39 is 17.2 Å². The zero-order valence-electron chi connectivity index (χ0n) is 20.9. The molecule has 9 heteroatoms. The molecule has 2 amide bonds. The van der Waals surface area contributed by atoms with Crippen LogP contribution in [0.5, 0.6) is 0 Å². The van der Waals surface area contributed by atoms with Crippen molar-refractivity contribution >= 4 is 34.1 Å². The summed E-state index contributed by atoms with van der Waals surface area (Å²) in [6.07, 6.45) is 1.52. The minimum absolute atomic E-state index is 0.0718. The maximum Gasteiger partial charge on any atom is 0.261 e. The van der Waals surface area contributed by atoms with Crippen LogP contribution in [-0.4, -0.2) is 49.1 Å². The number of fused-ring (bicyclic) bond motifs is 1. The number of aryl methyl sites for hydroxylation is 1. The van der Waals surface area contributed by atoms with E-state index in [0.717, 1.165) is 13.1 Å². The van der Waals surface area contributed by atoms with Gasteiger partial charge in [0.25, 0.3) is 11.8 Å². The number of carbonyl (C=O) groups is 2. The maximum atomic E-state index is 15.1. The summed E-state index contributed by atoms with van der Waals surface area (Å²) in [7, 11) is 0. The highest BCUT2D eigenvalue weighted by Crippen LogP contribution is 2.26. The fourth-order valence-corrected chi connectivity index (χ4v) is 4.27. The van der Waals surface area contributed by atoms with Crippen LogP contribution in [0, 0.1) is 11.7 Å². The first-order valence-corrected chi connectivity index (χ1v) is 12.3. The van der Waals surface area contributed by atoms with Crippen molar-refractivity contribution in [3.05, 3.63) is 69.8 Å². The van der Waals surface area contributed by atoms with Crippen LogP contribution in [0.1, 0.15) is 41.5 Å². The molecule has 0 radical (unpaired) electrons. The fourth-order valence-electron chi connectivity index (χ4n) is 4.27. The summed E-state index contributed by atoms with van der Waals surface area (Å²) >= 11 is 0. The molecular formula is C27H32FN5O3. The Morgan fingerprint density at radius 1 is 1.08 bits per heavy atom. The lowest BCUT2D eigenvalue weighted by Gasteiger charge is -2.30. The van der Waals surface area contributed by atoms with Crippen molar-refractivity contribution < 1.29 is 14.0 Å². The van der Waals surface area contributed by atoms with Gasteiger partial charge in [-0.3, -0.25) is 14.4 Å². The van der Waals surface area contributed by atoms with E-state index in [9.17, 15) is 14.4 Å². The molecule has 2 heterocycles. The number of rotatable bonds is 7. The first-order valence-electron chi connectivity index (χ1n) is 12.3. The molecule has 36 heavy (non-hydrogen) atoms. The second-order valence-corrected chi connectivity index (χ2v) is 9.35. The van der Waals surface area contributed by atoms with Crippen molar-refractivity contribution in [3.8, 4) is 0 Å². The summed E-state index contributed by atoms with van der Waals surface area (Å²) in [5.41, 5.74) is 1.37. The Kier molecular flexibility index (Phi) is 7.69. The van der Waals surface area contributed by atoms with Crippen molar-refractivity contribution in [1.82, 2.24) is 15.2 Å². The average molecular weight is 494 g/mol. The number of anilines is 2. The highest BCUT2D eigenvalue weighted by Gasteiger charge is 2.20. The Bertz CT molecular complexity index is 1330. The first-order chi connectivity index (χ1) is 17.3. The Morgan fingerprint density at radius 2 is 1.78 bits per heavy atom. The smallest absolute Gasteiger partial charge is 0.261 e. The Balaban J connectivity index is 1.60. The molecule has 3 aromatic rings. The third-order valence-corrected chi connectivity index (χ3v) is 6.27. The van der Waals surface area contributed by atoms with Crippen LogP contribution in [0.15, 0.2) is 47.4 Å². The third kappa shape index (κ3) is 5.41. The number of benzene rings is 2. The van der Waals surface area contributed by atoms with Crippen LogP contribution in [0.4, 0.5) is 15.8 Å². The lowest BCUT2D eigenvalue weighted by atomic mass is 10.1. The quantitative estimate of drug-likeness (QED) is 0.470.